The van der Waals surface area contributed by atoms with Crippen LogP contribution < -0.4 is 14.5 Å². The van der Waals surface area contributed by atoms with E-state index >= 15 is 0 Å². The second-order valence-corrected chi connectivity index (χ2v) is 8.93. The van der Waals surface area contributed by atoms with Crippen LogP contribution in [0.1, 0.15) is 28.6 Å². The fourth-order valence-electron chi connectivity index (χ4n) is 5.00. The summed E-state index contributed by atoms with van der Waals surface area (Å²) >= 11 is 0. The number of hydrogen-bond acceptors (Lipinski definition) is 8. The zero-order chi connectivity index (χ0) is 25.6. The van der Waals surface area contributed by atoms with E-state index in [1.165, 1.54) is 0 Å². The highest BCUT2D eigenvalue weighted by Crippen LogP contribution is 2.41. The monoisotopic (exact) mass is 511 g/mol. The summed E-state index contributed by atoms with van der Waals surface area (Å²) in [6, 6.07) is 6.14. The highest BCUT2D eigenvalue weighted by atomic mass is 19.4. The molecule has 3 aromatic heterocycles. The van der Waals surface area contributed by atoms with E-state index in [4.69, 9.17) is 9.47 Å². The Labute approximate surface area is 210 Å². The van der Waals surface area contributed by atoms with Gasteiger partial charge in [0.05, 0.1) is 20.3 Å². The highest BCUT2D eigenvalue weighted by Gasteiger charge is 2.37. The number of alkyl halides is 3. The molecule has 12 heteroatoms. The standard InChI is InChI=1S/C25H24F3N7O2/c1-36-16-2-3-19-18(12-16)17-5-7-35(24-29-6-4-20(33-24)25(26,27)28)22(21(17)32-19)15-13-30-23(31-14-15)34-8-10-37-11-9-34/h2-4,6,12-14,22,32H,5,7-11H2,1H3. The minimum Gasteiger partial charge on any atom is -0.497 e. The van der Waals surface area contributed by atoms with E-state index in [1.54, 1.807) is 24.4 Å². The van der Waals surface area contributed by atoms with Crippen molar-refractivity contribution in [1.82, 2.24) is 24.9 Å². The molecule has 5 heterocycles. The van der Waals surface area contributed by atoms with E-state index in [9.17, 15) is 13.2 Å². The number of aromatic amines is 1. The molecule has 1 saturated heterocycles. The summed E-state index contributed by atoms with van der Waals surface area (Å²) in [6.45, 7) is 3.02. The molecule has 2 aliphatic heterocycles. The highest BCUT2D eigenvalue weighted by molar-refractivity contribution is 5.87. The third-order valence-corrected chi connectivity index (χ3v) is 6.79. The molecule has 1 unspecified atom stereocenters. The van der Waals surface area contributed by atoms with Gasteiger partial charge in [-0.15, -0.1) is 0 Å². The Morgan fingerprint density at radius 2 is 1.81 bits per heavy atom. The largest absolute Gasteiger partial charge is 0.497 e. The van der Waals surface area contributed by atoms with Gasteiger partial charge < -0.3 is 24.3 Å². The van der Waals surface area contributed by atoms with Crippen LogP contribution in [-0.4, -0.2) is 64.9 Å². The number of rotatable bonds is 4. The maximum Gasteiger partial charge on any atom is 0.433 e. The van der Waals surface area contributed by atoms with Crippen molar-refractivity contribution in [3.63, 3.8) is 0 Å². The Morgan fingerprint density at radius 1 is 1.03 bits per heavy atom. The third-order valence-electron chi connectivity index (χ3n) is 6.79. The Hall–Kier alpha value is -3.93. The van der Waals surface area contributed by atoms with Crippen LogP contribution in [0.4, 0.5) is 25.1 Å². The maximum absolute atomic E-state index is 13.5. The van der Waals surface area contributed by atoms with Crippen LogP contribution in [0.2, 0.25) is 0 Å². The first-order chi connectivity index (χ1) is 17.9. The van der Waals surface area contributed by atoms with E-state index in [-0.39, 0.29) is 5.95 Å². The van der Waals surface area contributed by atoms with Crippen LogP contribution in [0.15, 0.2) is 42.9 Å². The number of benzene rings is 1. The summed E-state index contributed by atoms with van der Waals surface area (Å²) in [5.41, 5.74) is 2.56. The minimum atomic E-state index is -4.57. The number of H-pyrrole nitrogens is 1. The summed E-state index contributed by atoms with van der Waals surface area (Å²) in [7, 11) is 1.61. The molecule has 2 aliphatic rings. The van der Waals surface area contributed by atoms with Crippen LogP contribution in [0.3, 0.4) is 0 Å². The molecule has 1 aromatic carbocycles. The molecule has 0 saturated carbocycles. The van der Waals surface area contributed by atoms with Gasteiger partial charge in [-0.2, -0.15) is 13.2 Å². The topological polar surface area (TPSA) is 92.3 Å². The van der Waals surface area contributed by atoms with E-state index in [0.717, 1.165) is 45.7 Å². The average Bonchev–Trinajstić information content (AvgIpc) is 3.30. The SMILES string of the molecule is COc1ccc2[nH]c3c(c2c1)CCN(c1nccc(C(F)(F)F)n1)C3c1cnc(N2CCOCC2)nc1. The number of methoxy groups -OCH3 is 1. The lowest BCUT2D eigenvalue weighted by atomic mass is 9.94. The number of ether oxygens (including phenoxy) is 2. The van der Waals surface area contributed by atoms with Crippen molar-refractivity contribution in [2.24, 2.45) is 0 Å². The number of nitrogens with zero attached hydrogens (tertiary/aromatic N) is 6. The van der Waals surface area contributed by atoms with Gasteiger partial charge in [-0.25, -0.2) is 19.9 Å². The van der Waals surface area contributed by atoms with E-state index in [0.29, 0.717) is 45.2 Å². The van der Waals surface area contributed by atoms with E-state index in [1.807, 2.05) is 23.1 Å². The Kier molecular flexibility index (Phi) is 5.82. The third kappa shape index (κ3) is 4.31. The first-order valence-corrected chi connectivity index (χ1v) is 11.9. The molecule has 1 fully saturated rings. The summed E-state index contributed by atoms with van der Waals surface area (Å²) in [6.07, 6.45) is 0.612. The van der Waals surface area contributed by atoms with Gasteiger partial charge in [0, 0.05) is 60.4 Å². The first kappa shape index (κ1) is 23.5. The normalized spacial score (nSPS) is 18.2. The van der Waals surface area contributed by atoms with Crippen molar-refractivity contribution < 1.29 is 22.6 Å². The van der Waals surface area contributed by atoms with Crippen molar-refractivity contribution >= 4 is 22.8 Å². The predicted molar refractivity (Wildman–Crippen MR) is 130 cm³/mol. The molecule has 9 nitrogen and oxygen atoms in total. The molecule has 0 aliphatic carbocycles. The second-order valence-electron chi connectivity index (χ2n) is 8.93. The molecule has 6 rings (SSSR count). The summed E-state index contributed by atoms with van der Waals surface area (Å²) in [5, 5.41) is 1.01. The Morgan fingerprint density at radius 3 is 2.54 bits per heavy atom. The zero-order valence-corrected chi connectivity index (χ0v) is 20.0. The second kappa shape index (κ2) is 9.18. The Balaban J connectivity index is 1.45. The molecule has 37 heavy (non-hydrogen) atoms. The molecule has 1 atom stereocenters. The van der Waals surface area contributed by atoms with Crippen LogP contribution in [-0.2, 0) is 17.3 Å². The smallest absolute Gasteiger partial charge is 0.433 e. The molecular formula is C25H24F3N7O2. The molecule has 4 aromatic rings. The number of nitrogens with one attached hydrogen (secondary N) is 1. The molecule has 192 valence electrons. The zero-order valence-electron chi connectivity index (χ0n) is 20.0. The molecule has 1 N–H and O–H groups in total. The number of hydrogen-bond donors (Lipinski definition) is 1. The molecule has 0 radical (unpaired) electrons. The average molecular weight is 512 g/mol. The van der Waals surface area contributed by atoms with Crippen LogP contribution in [0.5, 0.6) is 5.75 Å². The number of halogens is 3. The van der Waals surface area contributed by atoms with Gasteiger partial charge in [-0.3, -0.25) is 0 Å². The van der Waals surface area contributed by atoms with Crippen molar-refractivity contribution in [2.45, 2.75) is 18.6 Å². The summed E-state index contributed by atoms with van der Waals surface area (Å²) < 4.78 is 51.2. The lowest BCUT2D eigenvalue weighted by Gasteiger charge is -2.36. The van der Waals surface area contributed by atoms with Crippen LogP contribution in [0.25, 0.3) is 10.9 Å². The van der Waals surface area contributed by atoms with Crippen molar-refractivity contribution in [3.05, 3.63) is 65.4 Å². The minimum absolute atomic E-state index is 0.000956. The van der Waals surface area contributed by atoms with Gasteiger partial charge in [-0.1, -0.05) is 0 Å². The van der Waals surface area contributed by atoms with Gasteiger partial charge in [-0.05, 0) is 36.2 Å². The fourth-order valence-corrected chi connectivity index (χ4v) is 5.00. The fraction of sp³-hybridized carbons (Fsp3) is 0.360. The van der Waals surface area contributed by atoms with Gasteiger partial charge >= 0.3 is 6.18 Å². The van der Waals surface area contributed by atoms with Crippen LogP contribution >= 0.6 is 0 Å². The lowest BCUT2D eigenvalue weighted by Crippen LogP contribution is -2.38. The molecular weight excluding hydrogens is 487 g/mol. The van der Waals surface area contributed by atoms with Crippen molar-refractivity contribution in [3.8, 4) is 5.75 Å². The van der Waals surface area contributed by atoms with Gasteiger partial charge in [0.1, 0.15) is 17.5 Å². The quantitative estimate of drug-likeness (QED) is 0.443. The summed E-state index contributed by atoms with van der Waals surface area (Å²) in [5.74, 6) is 1.32. The molecule has 0 amide bonds. The van der Waals surface area contributed by atoms with E-state index in [2.05, 4.69) is 24.9 Å². The number of anilines is 2. The number of aromatic nitrogens is 5. The number of fused-ring (bicyclic) bond motifs is 3. The lowest BCUT2D eigenvalue weighted by molar-refractivity contribution is -0.141. The maximum atomic E-state index is 13.5. The summed E-state index contributed by atoms with van der Waals surface area (Å²) in [4.78, 5) is 24.6. The molecule has 0 spiro atoms. The first-order valence-electron chi connectivity index (χ1n) is 11.9. The predicted octanol–water partition coefficient (Wildman–Crippen LogP) is 3.76. The van der Waals surface area contributed by atoms with Crippen LogP contribution in [0, 0.1) is 0 Å². The van der Waals surface area contributed by atoms with Crippen molar-refractivity contribution in [2.75, 3.05) is 49.8 Å². The van der Waals surface area contributed by atoms with Gasteiger partial charge in [0.2, 0.25) is 11.9 Å². The Bertz CT molecular complexity index is 1420. The van der Waals surface area contributed by atoms with E-state index < -0.39 is 17.9 Å². The number of morpholine rings is 1. The van der Waals surface area contributed by atoms with Gasteiger partial charge in [0.25, 0.3) is 0 Å². The van der Waals surface area contributed by atoms with Gasteiger partial charge in [0.15, 0.2) is 0 Å². The van der Waals surface area contributed by atoms with Crippen molar-refractivity contribution in [1.29, 1.82) is 0 Å². The molecule has 0 bridgehead atoms.